The van der Waals surface area contributed by atoms with E-state index in [1.165, 1.54) is 6.42 Å². The fraction of sp³-hybridized carbons (Fsp3) is 0.545. The van der Waals surface area contributed by atoms with E-state index in [1.807, 2.05) is 42.4 Å². The number of carbonyl (C=O) groups is 2. The second-order valence-corrected chi connectivity index (χ2v) is 9.92. The Kier molecular flexibility index (Phi) is 3.68. The summed E-state index contributed by atoms with van der Waals surface area (Å²) in [5, 5.41) is 0. The number of benzene rings is 1. The standard InChI is InChI=1S/C22H28BNO4/c1-15-18-11-17(22(18,2)3)12-19(15)24-13-20(25)27-23(24,28-21(26)14-24)10-9-16-7-5-4-6-8-16/h4-10,15,17-19H,11-14H2,1-3H3/t15-,17+,18?,19-,23?,24?/m1/s1. The van der Waals surface area contributed by atoms with E-state index >= 15 is 0 Å². The van der Waals surface area contributed by atoms with Crippen molar-refractivity contribution in [2.24, 2.45) is 23.2 Å². The second-order valence-electron chi connectivity index (χ2n) is 9.92. The third kappa shape index (κ3) is 2.24. The molecule has 28 heavy (non-hydrogen) atoms. The van der Waals surface area contributed by atoms with Crippen molar-refractivity contribution >= 4 is 24.7 Å². The third-order valence-corrected chi connectivity index (χ3v) is 8.47. The first-order valence-corrected chi connectivity index (χ1v) is 10.5. The normalized spacial score (nSPS) is 43.4. The smallest absolute Gasteiger partial charge is 0.596 e. The van der Waals surface area contributed by atoms with E-state index in [2.05, 4.69) is 20.8 Å². The number of quaternary nitrogens is 1. The molecule has 1 aromatic rings. The molecule has 1 aromatic carbocycles. The van der Waals surface area contributed by atoms with E-state index < -0.39 is 6.69 Å². The fourth-order valence-corrected chi connectivity index (χ4v) is 6.83. The highest BCUT2D eigenvalue weighted by Crippen LogP contribution is 2.64. The number of carbonyl (C=O) groups excluding carboxylic acids is 2. The molecule has 5 fully saturated rings. The van der Waals surface area contributed by atoms with Crippen LogP contribution >= 0.6 is 0 Å². The van der Waals surface area contributed by atoms with E-state index in [0.29, 0.717) is 27.6 Å². The zero-order valence-electron chi connectivity index (χ0n) is 16.8. The van der Waals surface area contributed by atoms with Crippen molar-refractivity contribution in [3.8, 4) is 0 Å². The molecule has 3 saturated carbocycles. The van der Waals surface area contributed by atoms with Crippen molar-refractivity contribution in [1.82, 2.24) is 0 Å². The summed E-state index contributed by atoms with van der Waals surface area (Å²) in [4.78, 5) is 25.0. The molecular formula is C22H28BNO4. The summed E-state index contributed by atoms with van der Waals surface area (Å²) in [5.74, 6) is 3.05. The number of fused-ring (bicyclic) bond motifs is 4. The van der Waals surface area contributed by atoms with E-state index in [-0.39, 0.29) is 31.1 Å². The third-order valence-electron chi connectivity index (χ3n) is 8.47. The quantitative estimate of drug-likeness (QED) is 0.755. The molecule has 0 radical (unpaired) electrons. The van der Waals surface area contributed by atoms with Gasteiger partial charge in [0.1, 0.15) is 13.1 Å². The van der Waals surface area contributed by atoms with Crippen LogP contribution < -0.4 is 0 Å². The minimum atomic E-state index is -2.16. The molecule has 2 aliphatic heterocycles. The average Bonchev–Trinajstić information content (AvgIpc) is 3.06. The molecule has 6 heteroatoms. The zero-order valence-corrected chi connectivity index (χ0v) is 16.8. The van der Waals surface area contributed by atoms with E-state index in [9.17, 15) is 9.59 Å². The molecule has 0 aromatic heterocycles. The number of hydrogen-bond donors (Lipinski definition) is 0. The van der Waals surface area contributed by atoms with Gasteiger partial charge in [0.25, 0.3) is 0 Å². The van der Waals surface area contributed by atoms with E-state index in [0.717, 1.165) is 12.0 Å². The highest BCUT2D eigenvalue weighted by molar-refractivity contribution is 6.71. The molecule has 2 saturated heterocycles. The van der Waals surface area contributed by atoms with Crippen molar-refractivity contribution in [2.75, 3.05) is 13.1 Å². The van der Waals surface area contributed by atoms with Crippen LogP contribution in [0.4, 0.5) is 0 Å². The van der Waals surface area contributed by atoms with Crippen LogP contribution in [0, 0.1) is 23.2 Å². The fourth-order valence-electron chi connectivity index (χ4n) is 6.83. The largest absolute Gasteiger partial charge is 0.608 e. The Hall–Kier alpha value is -2.08. The lowest BCUT2D eigenvalue weighted by molar-refractivity contribution is -0.850. The van der Waals surface area contributed by atoms with Crippen LogP contribution in [-0.2, 0) is 18.9 Å². The summed E-state index contributed by atoms with van der Waals surface area (Å²) in [6.07, 6.45) is 4.22. The first kappa shape index (κ1) is 18.0. The van der Waals surface area contributed by atoms with E-state index in [4.69, 9.17) is 9.31 Å². The maximum atomic E-state index is 12.5. The summed E-state index contributed by atoms with van der Waals surface area (Å²) in [5.41, 5.74) is 1.35. The number of hydrogen-bond acceptors (Lipinski definition) is 4. The van der Waals surface area contributed by atoms with Gasteiger partial charge in [-0.25, -0.2) is 0 Å². The number of rotatable bonds is 3. The van der Waals surface area contributed by atoms with Crippen LogP contribution in [0.25, 0.3) is 6.08 Å². The second kappa shape index (κ2) is 5.72. The monoisotopic (exact) mass is 381 g/mol. The Morgan fingerprint density at radius 3 is 2.29 bits per heavy atom. The molecular weight excluding hydrogens is 353 g/mol. The topological polar surface area (TPSA) is 52.6 Å². The highest BCUT2D eigenvalue weighted by atomic mass is 16.7. The van der Waals surface area contributed by atoms with Gasteiger partial charge in [0.2, 0.25) is 0 Å². The SMILES string of the molecule is C[C@@H]1C2C[C@@H](C[C@H]1[N+]13CC(=O)O[B-]1(C=Cc1ccccc1)OC(=O)C3)C2(C)C. The minimum Gasteiger partial charge on any atom is -0.596 e. The summed E-state index contributed by atoms with van der Waals surface area (Å²) in [6.45, 7) is 5.34. The Balaban J connectivity index is 1.55. The summed E-state index contributed by atoms with van der Waals surface area (Å²) in [6, 6.07) is 10.1. The molecule has 3 aliphatic carbocycles. The summed E-state index contributed by atoms with van der Waals surface area (Å²) < 4.78 is 12.0. The van der Waals surface area contributed by atoms with Crippen LogP contribution in [0.5, 0.6) is 0 Å². The van der Waals surface area contributed by atoms with Crippen molar-refractivity contribution < 1.29 is 23.3 Å². The van der Waals surface area contributed by atoms with Gasteiger partial charge in [0.15, 0.2) is 0 Å². The molecule has 5 aliphatic rings. The number of nitrogens with zero attached hydrogens (tertiary/aromatic N) is 1. The highest BCUT2D eigenvalue weighted by Gasteiger charge is 2.71. The Morgan fingerprint density at radius 1 is 1.07 bits per heavy atom. The molecule has 0 N–H and O–H groups in total. The van der Waals surface area contributed by atoms with Crippen molar-refractivity contribution in [2.45, 2.75) is 39.7 Å². The molecule has 0 spiro atoms. The van der Waals surface area contributed by atoms with Gasteiger partial charge < -0.3 is 13.7 Å². The zero-order chi connectivity index (χ0) is 19.7. The van der Waals surface area contributed by atoms with Crippen LogP contribution in [0.15, 0.2) is 36.3 Å². The van der Waals surface area contributed by atoms with Gasteiger partial charge in [0.05, 0.1) is 6.04 Å². The van der Waals surface area contributed by atoms with Crippen LogP contribution in [0.1, 0.15) is 39.2 Å². The van der Waals surface area contributed by atoms with E-state index in [1.54, 1.807) is 0 Å². The Bertz CT molecular complexity index is 845. The molecule has 1 unspecified atom stereocenters. The lowest BCUT2D eigenvalue weighted by atomic mass is 9.43. The van der Waals surface area contributed by atoms with Crippen LogP contribution in [0.3, 0.4) is 0 Å². The molecule has 4 atom stereocenters. The van der Waals surface area contributed by atoms with Gasteiger partial charge in [-0.05, 0) is 35.7 Å². The predicted octanol–water partition coefficient (Wildman–Crippen LogP) is 3.18. The predicted molar refractivity (Wildman–Crippen MR) is 106 cm³/mol. The van der Waals surface area contributed by atoms with Gasteiger partial charge in [-0.3, -0.25) is 9.59 Å². The van der Waals surface area contributed by atoms with Gasteiger partial charge in [0, 0.05) is 5.92 Å². The minimum absolute atomic E-state index is 0.218. The van der Waals surface area contributed by atoms with Gasteiger partial charge in [-0.1, -0.05) is 63.2 Å². The average molecular weight is 381 g/mol. The summed E-state index contributed by atoms with van der Waals surface area (Å²) >= 11 is 0. The summed E-state index contributed by atoms with van der Waals surface area (Å²) in [7, 11) is 0. The Labute approximate surface area is 166 Å². The molecule has 148 valence electrons. The molecule has 0 amide bonds. The van der Waals surface area contributed by atoms with Crippen molar-refractivity contribution in [1.29, 1.82) is 0 Å². The van der Waals surface area contributed by atoms with Gasteiger partial charge in [-0.15, -0.1) is 0 Å². The molecule has 2 heterocycles. The first-order chi connectivity index (χ1) is 13.3. The first-order valence-electron chi connectivity index (χ1n) is 10.5. The van der Waals surface area contributed by atoms with Crippen molar-refractivity contribution in [3.05, 3.63) is 41.9 Å². The lowest BCUT2D eigenvalue weighted by Gasteiger charge is -2.66. The maximum Gasteiger partial charge on any atom is 0.608 e. The van der Waals surface area contributed by atoms with Crippen LogP contribution in [-0.4, -0.2) is 42.2 Å². The van der Waals surface area contributed by atoms with Gasteiger partial charge in [-0.2, -0.15) is 0 Å². The Morgan fingerprint density at radius 2 is 1.71 bits per heavy atom. The van der Waals surface area contributed by atoms with Crippen LogP contribution in [0.2, 0.25) is 0 Å². The van der Waals surface area contributed by atoms with Crippen molar-refractivity contribution in [3.63, 3.8) is 0 Å². The molecule has 2 bridgehead atoms. The van der Waals surface area contributed by atoms with Gasteiger partial charge >= 0.3 is 18.6 Å². The lowest BCUT2D eigenvalue weighted by Crippen LogP contribution is -2.73. The molecule has 5 nitrogen and oxygen atoms in total. The maximum absolute atomic E-state index is 12.5. The molecule has 6 rings (SSSR count).